The van der Waals surface area contributed by atoms with Gasteiger partial charge in [0.05, 0.1) is 5.56 Å². The van der Waals surface area contributed by atoms with E-state index >= 15 is 0 Å². The molecule has 1 N–H and O–H groups in total. The number of alkyl halides is 3. The van der Waals surface area contributed by atoms with Crippen LogP contribution in [0, 0.1) is 0 Å². The van der Waals surface area contributed by atoms with Gasteiger partial charge in [-0.05, 0) is 12.1 Å². The van der Waals surface area contributed by atoms with E-state index in [2.05, 4.69) is 4.74 Å². The Morgan fingerprint density at radius 3 is 2.50 bits per heavy atom. The van der Waals surface area contributed by atoms with Crippen molar-refractivity contribution in [1.82, 2.24) is 0 Å². The highest BCUT2D eigenvalue weighted by Crippen LogP contribution is 2.18. The summed E-state index contributed by atoms with van der Waals surface area (Å²) >= 11 is 0. The third kappa shape index (κ3) is 3.84. The lowest BCUT2D eigenvalue weighted by molar-refractivity contribution is -0.153. The molecular formula is C9H6BF3O3. The van der Waals surface area contributed by atoms with Crippen molar-refractivity contribution in [3.8, 4) is 5.75 Å². The summed E-state index contributed by atoms with van der Waals surface area (Å²) in [6.45, 7) is -1.49. The maximum atomic E-state index is 11.8. The topological polar surface area (TPSA) is 46.5 Å². The van der Waals surface area contributed by atoms with Gasteiger partial charge in [0.2, 0.25) is 0 Å². The minimum atomic E-state index is -4.48. The summed E-state index contributed by atoms with van der Waals surface area (Å²) in [6.07, 6.45) is -4.48. The molecule has 2 radical (unpaired) electrons. The molecule has 0 aromatic heterocycles. The van der Waals surface area contributed by atoms with Crippen LogP contribution in [0.15, 0.2) is 18.2 Å². The van der Waals surface area contributed by atoms with Gasteiger partial charge in [0.15, 0.2) is 6.61 Å². The molecule has 0 saturated heterocycles. The van der Waals surface area contributed by atoms with Gasteiger partial charge in [-0.25, -0.2) is 4.79 Å². The Labute approximate surface area is 90.2 Å². The zero-order valence-corrected chi connectivity index (χ0v) is 7.91. The predicted molar refractivity (Wildman–Crippen MR) is 50.3 cm³/mol. The Morgan fingerprint density at radius 2 is 2.00 bits per heavy atom. The molecule has 1 rings (SSSR count). The normalized spacial score (nSPS) is 11.2. The molecule has 0 atom stereocenters. The number of benzene rings is 1. The summed E-state index contributed by atoms with van der Waals surface area (Å²) < 4.78 is 39.9. The zero-order valence-electron chi connectivity index (χ0n) is 7.91. The van der Waals surface area contributed by atoms with E-state index < -0.39 is 18.8 Å². The van der Waals surface area contributed by atoms with E-state index in [-0.39, 0.29) is 16.8 Å². The molecule has 1 aromatic rings. The molecule has 0 amide bonds. The molecule has 0 spiro atoms. The van der Waals surface area contributed by atoms with Gasteiger partial charge in [-0.15, -0.1) is 0 Å². The number of carbonyl (C=O) groups is 1. The van der Waals surface area contributed by atoms with Gasteiger partial charge in [0.25, 0.3) is 0 Å². The molecule has 0 heterocycles. The number of carboxylic acid groups (broad SMARTS) is 1. The van der Waals surface area contributed by atoms with Crippen LogP contribution < -0.4 is 10.2 Å². The smallest absolute Gasteiger partial charge is 0.422 e. The van der Waals surface area contributed by atoms with E-state index in [1.165, 1.54) is 0 Å². The lowest BCUT2D eigenvalue weighted by Gasteiger charge is -2.10. The van der Waals surface area contributed by atoms with Gasteiger partial charge in [-0.2, -0.15) is 13.2 Å². The fraction of sp³-hybridized carbons (Fsp3) is 0.222. The lowest BCUT2D eigenvalue weighted by Crippen LogP contribution is -2.20. The first-order valence-electron chi connectivity index (χ1n) is 4.11. The number of hydrogen-bond donors (Lipinski definition) is 1. The average Bonchev–Trinajstić information content (AvgIpc) is 2.13. The molecule has 0 unspecified atom stereocenters. The Hall–Kier alpha value is -1.66. The predicted octanol–water partition coefficient (Wildman–Crippen LogP) is 1.12. The Balaban J connectivity index is 2.85. The first-order chi connectivity index (χ1) is 7.28. The number of carboxylic acids is 1. The van der Waals surface area contributed by atoms with Gasteiger partial charge in [0.1, 0.15) is 13.6 Å². The summed E-state index contributed by atoms with van der Waals surface area (Å²) in [5.74, 6) is -1.51. The number of aromatic carboxylic acids is 1. The molecule has 0 fully saturated rings. The first kappa shape index (κ1) is 12.4. The fourth-order valence-electron chi connectivity index (χ4n) is 0.994. The quantitative estimate of drug-likeness (QED) is 0.791. The van der Waals surface area contributed by atoms with Crippen LogP contribution in [0.4, 0.5) is 13.2 Å². The van der Waals surface area contributed by atoms with Crippen LogP contribution in [-0.2, 0) is 0 Å². The van der Waals surface area contributed by atoms with Crippen LogP contribution >= 0.6 is 0 Å². The van der Waals surface area contributed by atoms with Gasteiger partial charge in [0, 0.05) is 0 Å². The van der Waals surface area contributed by atoms with Gasteiger partial charge >= 0.3 is 12.1 Å². The van der Waals surface area contributed by atoms with Crippen molar-refractivity contribution in [2.24, 2.45) is 0 Å². The second-order valence-corrected chi connectivity index (χ2v) is 3.00. The molecule has 0 aliphatic heterocycles. The Kier molecular flexibility index (Phi) is 3.46. The summed E-state index contributed by atoms with van der Waals surface area (Å²) in [6, 6.07) is 3.23. The van der Waals surface area contributed by atoms with Crippen LogP contribution in [0.25, 0.3) is 0 Å². The van der Waals surface area contributed by atoms with Crippen LogP contribution in [-0.4, -0.2) is 31.7 Å². The average molecular weight is 230 g/mol. The number of ether oxygens (including phenoxy) is 1. The molecule has 84 valence electrons. The monoisotopic (exact) mass is 230 g/mol. The van der Waals surface area contributed by atoms with Crippen molar-refractivity contribution < 1.29 is 27.8 Å². The Bertz CT molecular complexity index is 403. The molecule has 0 bridgehead atoms. The summed E-state index contributed by atoms with van der Waals surface area (Å²) in [7, 11) is 5.31. The van der Waals surface area contributed by atoms with E-state index in [0.29, 0.717) is 0 Å². The van der Waals surface area contributed by atoms with Crippen LogP contribution in [0.5, 0.6) is 5.75 Å². The molecule has 16 heavy (non-hydrogen) atoms. The summed E-state index contributed by atoms with van der Waals surface area (Å²) in [5.41, 5.74) is -0.200. The van der Waals surface area contributed by atoms with Gasteiger partial charge in [-0.3, -0.25) is 0 Å². The molecule has 0 aliphatic carbocycles. The van der Waals surface area contributed by atoms with E-state index in [1.54, 1.807) is 0 Å². The standard InChI is InChI=1S/C9H6BF3O3/c10-6-1-5(8(14)15)2-7(3-6)16-4-9(11,12)13/h1-3H,4H2,(H,14,15). The molecule has 0 aliphatic rings. The molecular weight excluding hydrogens is 224 g/mol. The van der Waals surface area contributed by atoms with Crippen LogP contribution in [0.1, 0.15) is 10.4 Å². The highest BCUT2D eigenvalue weighted by molar-refractivity contribution is 6.32. The van der Waals surface area contributed by atoms with E-state index in [0.717, 1.165) is 18.2 Å². The van der Waals surface area contributed by atoms with Crippen molar-refractivity contribution >= 4 is 19.3 Å². The van der Waals surface area contributed by atoms with E-state index in [9.17, 15) is 18.0 Å². The number of rotatable bonds is 3. The van der Waals surface area contributed by atoms with Crippen molar-refractivity contribution in [1.29, 1.82) is 0 Å². The highest BCUT2D eigenvalue weighted by Gasteiger charge is 2.28. The van der Waals surface area contributed by atoms with Crippen molar-refractivity contribution in [2.45, 2.75) is 6.18 Å². The second kappa shape index (κ2) is 4.46. The number of hydrogen-bond acceptors (Lipinski definition) is 2. The first-order valence-corrected chi connectivity index (χ1v) is 4.11. The van der Waals surface area contributed by atoms with E-state index in [4.69, 9.17) is 13.0 Å². The SMILES string of the molecule is [B]c1cc(OCC(F)(F)F)cc(C(=O)O)c1. The molecule has 7 heteroatoms. The maximum absolute atomic E-state index is 11.8. The third-order valence-electron chi connectivity index (χ3n) is 1.58. The van der Waals surface area contributed by atoms with E-state index in [1.807, 2.05) is 0 Å². The summed E-state index contributed by atoms with van der Waals surface area (Å²) in [4.78, 5) is 10.6. The van der Waals surface area contributed by atoms with Crippen molar-refractivity contribution in [3.05, 3.63) is 23.8 Å². The minimum absolute atomic E-state index is 0.0251. The highest BCUT2D eigenvalue weighted by atomic mass is 19.4. The van der Waals surface area contributed by atoms with Crippen LogP contribution in [0.2, 0.25) is 0 Å². The molecule has 0 saturated carbocycles. The number of halogens is 3. The van der Waals surface area contributed by atoms with Crippen LogP contribution in [0.3, 0.4) is 0 Å². The third-order valence-corrected chi connectivity index (χ3v) is 1.58. The Morgan fingerprint density at radius 1 is 1.38 bits per heavy atom. The second-order valence-electron chi connectivity index (χ2n) is 3.00. The van der Waals surface area contributed by atoms with Gasteiger partial charge in [-0.1, -0.05) is 11.5 Å². The zero-order chi connectivity index (χ0) is 12.3. The fourth-order valence-corrected chi connectivity index (χ4v) is 0.994. The molecule has 1 aromatic carbocycles. The largest absolute Gasteiger partial charge is 0.484 e. The minimum Gasteiger partial charge on any atom is -0.484 e. The van der Waals surface area contributed by atoms with Crippen molar-refractivity contribution in [2.75, 3.05) is 6.61 Å². The van der Waals surface area contributed by atoms with Gasteiger partial charge < -0.3 is 9.84 Å². The maximum Gasteiger partial charge on any atom is 0.422 e. The van der Waals surface area contributed by atoms with Crippen molar-refractivity contribution in [3.63, 3.8) is 0 Å². The summed E-state index contributed by atoms with van der Waals surface area (Å²) in [5, 5.41) is 8.63. The lowest BCUT2D eigenvalue weighted by atomic mass is 9.94. The molecule has 3 nitrogen and oxygen atoms in total.